The van der Waals surface area contributed by atoms with Crippen LogP contribution < -0.4 is 10.2 Å². The fourth-order valence-corrected chi connectivity index (χ4v) is 2.10. The van der Waals surface area contributed by atoms with Crippen LogP contribution in [-0.2, 0) is 7.05 Å². The van der Waals surface area contributed by atoms with E-state index in [2.05, 4.69) is 20.4 Å². The number of amides is 1. The molecule has 104 valence electrons. The number of hydrogen-bond donors (Lipinski definition) is 1. The molecule has 20 heavy (non-hydrogen) atoms. The van der Waals surface area contributed by atoms with Crippen molar-refractivity contribution in [3.05, 3.63) is 35.4 Å². The van der Waals surface area contributed by atoms with Crippen LogP contribution >= 0.6 is 11.6 Å². The van der Waals surface area contributed by atoms with Crippen molar-refractivity contribution in [2.75, 3.05) is 18.0 Å². The van der Waals surface area contributed by atoms with E-state index < -0.39 is 0 Å². The highest BCUT2D eigenvalue weighted by molar-refractivity contribution is 6.30. The van der Waals surface area contributed by atoms with Crippen molar-refractivity contribution >= 4 is 23.5 Å². The van der Waals surface area contributed by atoms with E-state index in [1.165, 1.54) is 0 Å². The molecule has 8 heteroatoms. The molecule has 1 aliphatic rings. The molecular weight excluding hydrogens is 280 g/mol. The molecule has 1 N–H and O–H groups in total. The minimum Gasteiger partial charge on any atom is -0.344 e. The maximum absolute atomic E-state index is 11.9. The molecule has 0 unspecified atom stereocenters. The molecule has 0 atom stereocenters. The number of rotatable bonds is 3. The smallest absolute Gasteiger partial charge is 0.272 e. The Hall–Kier alpha value is -2.15. The third-order valence-corrected chi connectivity index (χ3v) is 3.25. The van der Waals surface area contributed by atoms with Crippen molar-refractivity contribution in [3.63, 3.8) is 0 Å². The first-order chi connectivity index (χ1) is 9.61. The number of hydrogen-bond acceptors (Lipinski definition) is 5. The normalized spacial score (nSPS) is 15.0. The van der Waals surface area contributed by atoms with Crippen LogP contribution in [0.25, 0.3) is 0 Å². The molecule has 1 fully saturated rings. The number of anilines is 1. The lowest BCUT2D eigenvalue weighted by Crippen LogP contribution is -2.60. The number of carbonyl (C=O) groups excluding carboxylic acids is 1. The van der Waals surface area contributed by atoms with Crippen molar-refractivity contribution in [2.24, 2.45) is 7.05 Å². The average molecular weight is 293 g/mol. The number of nitrogens with one attached hydrogen (secondary N) is 1. The van der Waals surface area contributed by atoms with E-state index in [4.69, 9.17) is 11.6 Å². The first kappa shape index (κ1) is 12.9. The maximum Gasteiger partial charge on any atom is 0.272 e. The number of aryl methyl sites for hydroxylation is 1. The van der Waals surface area contributed by atoms with Crippen LogP contribution in [0.2, 0.25) is 5.02 Å². The molecule has 0 aromatic carbocycles. The zero-order chi connectivity index (χ0) is 14.1. The van der Waals surface area contributed by atoms with Crippen LogP contribution in [0.15, 0.2) is 24.7 Å². The highest BCUT2D eigenvalue weighted by atomic mass is 35.5. The molecule has 1 saturated heterocycles. The van der Waals surface area contributed by atoms with Gasteiger partial charge in [0, 0.05) is 26.3 Å². The average Bonchev–Trinajstić information content (AvgIpc) is 2.81. The second-order valence-electron chi connectivity index (χ2n) is 4.65. The quantitative estimate of drug-likeness (QED) is 0.890. The Kier molecular flexibility index (Phi) is 3.27. The Morgan fingerprint density at radius 3 is 2.70 bits per heavy atom. The summed E-state index contributed by atoms with van der Waals surface area (Å²) in [7, 11) is 1.78. The summed E-state index contributed by atoms with van der Waals surface area (Å²) >= 11 is 5.74. The van der Waals surface area contributed by atoms with Gasteiger partial charge in [0.05, 0.1) is 23.5 Å². The summed E-state index contributed by atoms with van der Waals surface area (Å²) < 4.78 is 1.60. The number of carbonyl (C=O) groups is 1. The summed E-state index contributed by atoms with van der Waals surface area (Å²) in [6, 6.07) is 1.78. The van der Waals surface area contributed by atoms with Gasteiger partial charge >= 0.3 is 0 Å². The topological polar surface area (TPSA) is 75.9 Å². The van der Waals surface area contributed by atoms with Crippen LogP contribution in [-0.4, -0.2) is 44.8 Å². The molecule has 2 aromatic heterocycles. The molecule has 0 radical (unpaired) electrons. The maximum atomic E-state index is 11.9. The van der Waals surface area contributed by atoms with E-state index in [0.717, 1.165) is 0 Å². The Bertz CT molecular complexity index is 619. The van der Waals surface area contributed by atoms with Gasteiger partial charge in [0.15, 0.2) is 0 Å². The molecule has 0 spiro atoms. The minimum atomic E-state index is -0.160. The van der Waals surface area contributed by atoms with Crippen LogP contribution in [0, 0.1) is 0 Å². The summed E-state index contributed by atoms with van der Waals surface area (Å²) in [5.41, 5.74) is 0.425. The summed E-state index contributed by atoms with van der Waals surface area (Å²) in [6.45, 7) is 1.36. The lowest BCUT2D eigenvalue weighted by atomic mass is 10.1. The van der Waals surface area contributed by atoms with Crippen LogP contribution in [0.4, 0.5) is 5.95 Å². The highest BCUT2D eigenvalue weighted by Gasteiger charge is 2.30. The molecule has 0 saturated carbocycles. The highest BCUT2D eigenvalue weighted by Crippen LogP contribution is 2.17. The summed E-state index contributed by atoms with van der Waals surface area (Å²) in [6.07, 6.45) is 4.86. The lowest BCUT2D eigenvalue weighted by molar-refractivity contribution is 0.0924. The van der Waals surface area contributed by atoms with Gasteiger partial charge in [0.25, 0.3) is 5.91 Å². The van der Waals surface area contributed by atoms with Crippen LogP contribution in [0.5, 0.6) is 0 Å². The van der Waals surface area contributed by atoms with Crippen molar-refractivity contribution in [3.8, 4) is 0 Å². The van der Waals surface area contributed by atoms with E-state index >= 15 is 0 Å². The van der Waals surface area contributed by atoms with Crippen molar-refractivity contribution in [1.82, 2.24) is 25.1 Å². The standard InChI is InChI=1S/C12H13ClN6O/c1-18-3-2-10(17-18)11(20)16-9-6-19(7-9)12-14-4-8(13)5-15-12/h2-5,9H,6-7H2,1H3,(H,16,20). The largest absolute Gasteiger partial charge is 0.344 e. The molecule has 2 aromatic rings. The summed E-state index contributed by atoms with van der Waals surface area (Å²) in [5.74, 6) is 0.463. The molecule has 3 rings (SSSR count). The van der Waals surface area contributed by atoms with Crippen molar-refractivity contribution in [1.29, 1.82) is 0 Å². The number of nitrogens with zero attached hydrogens (tertiary/aromatic N) is 5. The van der Waals surface area contributed by atoms with E-state index in [1.807, 2.05) is 4.90 Å². The third kappa shape index (κ3) is 2.57. The monoisotopic (exact) mass is 292 g/mol. The zero-order valence-electron chi connectivity index (χ0n) is 10.8. The zero-order valence-corrected chi connectivity index (χ0v) is 11.6. The van der Waals surface area contributed by atoms with Crippen LogP contribution in [0.1, 0.15) is 10.5 Å². The van der Waals surface area contributed by atoms with Gasteiger partial charge < -0.3 is 10.2 Å². The number of aromatic nitrogens is 4. The van der Waals surface area contributed by atoms with E-state index in [0.29, 0.717) is 29.8 Å². The molecule has 0 aliphatic carbocycles. The van der Waals surface area contributed by atoms with Gasteiger partial charge in [0.2, 0.25) is 5.95 Å². The van der Waals surface area contributed by atoms with E-state index in [1.54, 1.807) is 36.4 Å². The molecule has 1 aliphatic heterocycles. The van der Waals surface area contributed by atoms with Gasteiger partial charge in [-0.15, -0.1) is 0 Å². The van der Waals surface area contributed by atoms with Gasteiger partial charge in [0.1, 0.15) is 5.69 Å². The SMILES string of the molecule is Cn1ccc(C(=O)NC2CN(c3ncc(Cl)cn3)C2)n1. The molecule has 7 nitrogen and oxygen atoms in total. The minimum absolute atomic E-state index is 0.0868. The summed E-state index contributed by atoms with van der Waals surface area (Å²) in [4.78, 5) is 22.1. The Morgan fingerprint density at radius 1 is 1.40 bits per heavy atom. The third-order valence-electron chi connectivity index (χ3n) is 3.05. The second-order valence-corrected chi connectivity index (χ2v) is 5.09. The van der Waals surface area contributed by atoms with Crippen molar-refractivity contribution < 1.29 is 4.79 Å². The molecular formula is C12H13ClN6O. The first-order valence-electron chi connectivity index (χ1n) is 6.15. The molecule has 3 heterocycles. The fourth-order valence-electron chi connectivity index (χ4n) is 2.00. The second kappa shape index (κ2) is 5.09. The number of halogens is 1. The first-order valence-corrected chi connectivity index (χ1v) is 6.52. The molecule has 1 amide bonds. The van der Waals surface area contributed by atoms with Gasteiger partial charge in [-0.25, -0.2) is 9.97 Å². The fraction of sp³-hybridized carbons (Fsp3) is 0.333. The Balaban J connectivity index is 1.53. The van der Waals surface area contributed by atoms with Crippen molar-refractivity contribution in [2.45, 2.75) is 6.04 Å². The van der Waals surface area contributed by atoms with Gasteiger partial charge in [-0.3, -0.25) is 9.48 Å². The lowest BCUT2D eigenvalue weighted by Gasteiger charge is -2.39. The predicted octanol–water partition coefficient (Wildman–Crippen LogP) is 0.482. The Morgan fingerprint density at radius 2 is 2.10 bits per heavy atom. The van der Waals surface area contributed by atoms with E-state index in [-0.39, 0.29) is 11.9 Å². The van der Waals surface area contributed by atoms with Gasteiger partial charge in [-0.1, -0.05) is 11.6 Å². The Labute approximate surface area is 120 Å². The van der Waals surface area contributed by atoms with Gasteiger partial charge in [-0.05, 0) is 6.07 Å². The van der Waals surface area contributed by atoms with Gasteiger partial charge in [-0.2, -0.15) is 5.10 Å². The molecule has 0 bridgehead atoms. The summed E-state index contributed by atoms with van der Waals surface area (Å²) in [5, 5.41) is 7.49. The predicted molar refractivity (Wildman–Crippen MR) is 73.7 cm³/mol. The van der Waals surface area contributed by atoms with Crippen LogP contribution in [0.3, 0.4) is 0 Å². The van der Waals surface area contributed by atoms with E-state index in [9.17, 15) is 4.79 Å².